The molecule has 1 N–H and O–H groups in total. The molecule has 4 rings (SSSR count). The van der Waals surface area contributed by atoms with Gasteiger partial charge in [0.25, 0.3) is 5.91 Å². The first-order valence-corrected chi connectivity index (χ1v) is 16.5. The van der Waals surface area contributed by atoms with Gasteiger partial charge >= 0.3 is 5.97 Å². The molecule has 47 heavy (non-hydrogen) atoms. The van der Waals surface area contributed by atoms with Crippen LogP contribution in [0.3, 0.4) is 0 Å². The second kappa shape index (κ2) is 16.7. The molecule has 2 heterocycles. The number of esters is 1. The Morgan fingerprint density at radius 3 is 2.43 bits per heavy atom. The van der Waals surface area contributed by atoms with Crippen LogP contribution >= 0.6 is 0 Å². The van der Waals surface area contributed by atoms with Gasteiger partial charge in [-0.2, -0.15) is 0 Å². The van der Waals surface area contributed by atoms with E-state index in [1.165, 1.54) is 4.90 Å². The van der Waals surface area contributed by atoms with Crippen LogP contribution in [0.15, 0.2) is 42.5 Å². The fourth-order valence-electron chi connectivity index (χ4n) is 5.83. The van der Waals surface area contributed by atoms with Crippen molar-refractivity contribution in [3.05, 3.63) is 53.6 Å². The second-order valence-electron chi connectivity index (χ2n) is 12.8. The summed E-state index contributed by atoms with van der Waals surface area (Å²) in [5, 5.41) is 2.97. The predicted octanol–water partition coefficient (Wildman–Crippen LogP) is 4.58. The molecule has 0 spiro atoms. The van der Waals surface area contributed by atoms with Crippen LogP contribution in [0.5, 0.6) is 11.5 Å². The topological polar surface area (TPSA) is 124 Å². The first kappa shape index (κ1) is 35.9. The molecule has 11 nitrogen and oxygen atoms in total. The average molecular weight is 652 g/mol. The Bertz CT molecular complexity index is 1400. The highest BCUT2D eigenvalue weighted by Crippen LogP contribution is 2.32. The molecule has 2 aromatic rings. The van der Waals surface area contributed by atoms with Crippen LogP contribution in [0.1, 0.15) is 70.1 Å². The van der Waals surface area contributed by atoms with Gasteiger partial charge in [0, 0.05) is 30.7 Å². The lowest BCUT2D eigenvalue weighted by molar-refractivity contribution is -0.164. The van der Waals surface area contributed by atoms with E-state index in [0.717, 1.165) is 12.0 Å². The van der Waals surface area contributed by atoms with E-state index >= 15 is 0 Å². The number of hydrogen-bond acceptors (Lipinski definition) is 9. The van der Waals surface area contributed by atoms with Gasteiger partial charge in [-0.15, -0.1) is 0 Å². The Labute approximate surface area is 277 Å². The number of aryl methyl sites for hydroxylation is 1. The van der Waals surface area contributed by atoms with Gasteiger partial charge in [0.2, 0.25) is 11.7 Å². The number of nitrogens with one attached hydrogen (secondary N) is 1. The zero-order valence-corrected chi connectivity index (χ0v) is 28.3. The smallest absolute Gasteiger partial charge is 0.329 e. The van der Waals surface area contributed by atoms with E-state index in [1.807, 2.05) is 48.2 Å². The number of rotatable bonds is 14. The molecule has 2 aromatic carbocycles. The minimum absolute atomic E-state index is 0.140. The number of carbonyl (C=O) groups is 4. The van der Waals surface area contributed by atoms with Crippen molar-refractivity contribution < 1.29 is 38.1 Å². The highest BCUT2D eigenvalue weighted by Gasteiger charge is 2.41. The Morgan fingerprint density at radius 2 is 1.72 bits per heavy atom. The quantitative estimate of drug-likeness (QED) is 0.231. The number of carbonyl (C=O) groups excluding carboxylic acids is 4. The summed E-state index contributed by atoms with van der Waals surface area (Å²) in [6.07, 6.45) is 2.67. The maximum Gasteiger partial charge on any atom is 0.329 e. The summed E-state index contributed by atoms with van der Waals surface area (Å²) in [4.78, 5) is 56.7. The SMILES string of the molecule is CCC(C)(C)C(=O)C(=O)N1CCCC[C@H]1C(=O)O[C@H](CCc1ccc(OC)c(OC)c1)c1cccc(NC(=O)CN2CCOCC2)c1. The van der Waals surface area contributed by atoms with Gasteiger partial charge in [0.1, 0.15) is 12.1 Å². The highest BCUT2D eigenvalue weighted by atomic mass is 16.5. The van der Waals surface area contributed by atoms with Crippen molar-refractivity contribution in [1.82, 2.24) is 9.80 Å². The number of anilines is 1. The van der Waals surface area contributed by atoms with Crippen molar-refractivity contribution >= 4 is 29.3 Å². The molecule has 2 aliphatic heterocycles. The van der Waals surface area contributed by atoms with Crippen molar-refractivity contribution in [3.8, 4) is 11.5 Å². The van der Waals surface area contributed by atoms with Crippen LogP contribution in [-0.2, 0) is 35.1 Å². The summed E-state index contributed by atoms with van der Waals surface area (Å²) in [5.74, 6) is -0.601. The minimum Gasteiger partial charge on any atom is -0.493 e. The number of ketones is 1. The Balaban J connectivity index is 1.55. The van der Waals surface area contributed by atoms with E-state index < -0.39 is 35.2 Å². The summed E-state index contributed by atoms with van der Waals surface area (Å²) >= 11 is 0. The molecule has 2 fully saturated rings. The lowest BCUT2D eigenvalue weighted by atomic mass is 9.84. The maximum absolute atomic E-state index is 13.9. The number of ether oxygens (including phenoxy) is 4. The van der Waals surface area contributed by atoms with Crippen molar-refractivity contribution in [1.29, 1.82) is 0 Å². The third-order valence-corrected chi connectivity index (χ3v) is 9.14. The Hall–Kier alpha value is -3.96. The lowest BCUT2D eigenvalue weighted by Crippen LogP contribution is -2.53. The summed E-state index contributed by atoms with van der Waals surface area (Å²) in [7, 11) is 3.16. The van der Waals surface area contributed by atoms with Crippen molar-refractivity contribution in [2.24, 2.45) is 5.41 Å². The number of likely N-dealkylation sites (tertiary alicyclic amines) is 1. The number of nitrogens with zero attached hydrogens (tertiary/aromatic N) is 2. The summed E-state index contributed by atoms with van der Waals surface area (Å²) in [6.45, 7) is 8.55. The molecule has 2 amide bonds. The number of morpholine rings is 1. The van der Waals surface area contributed by atoms with E-state index in [9.17, 15) is 19.2 Å². The third-order valence-electron chi connectivity index (χ3n) is 9.14. The molecular weight excluding hydrogens is 602 g/mol. The van der Waals surface area contributed by atoms with E-state index in [2.05, 4.69) is 5.32 Å². The number of methoxy groups -OCH3 is 2. The summed E-state index contributed by atoms with van der Waals surface area (Å²) < 4.78 is 22.5. The monoisotopic (exact) mass is 651 g/mol. The molecule has 0 aromatic heterocycles. The molecule has 0 unspecified atom stereocenters. The molecule has 256 valence electrons. The first-order chi connectivity index (χ1) is 22.6. The Kier molecular flexibility index (Phi) is 12.8. The molecule has 2 saturated heterocycles. The van der Waals surface area contributed by atoms with E-state index in [0.29, 0.717) is 87.7 Å². The van der Waals surface area contributed by atoms with Gasteiger partial charge in [-0.3, -0.25) is 19.3 Å². The number of benzene rings is 2. The Morgan fingerprint density at radius 1 is 0.979 bits per heavy atom. The molecule has 0 bridgehead atoms. The lowest BCUT2D eigenvalue weighted by Gasteiger charge is -2.36. The van der Waals surface area contributed by atoms with Crippen LogP contribution in [0.25, 0.3) is 0 Å². The van der Waals surface area contributed by atoms with Gasteiger partial charge < -0.3 is 29.2 Å². The second-order valence-corrected chi connectivity index (χ2v) is 12.8. The number of piperidine rings is 1. The van der Waals surface area contributed by atoms with Gasteiger partial charge in [-0.05, 0) is 73.9 Å². The summed E-state index contributed by atoms with van der Waals surface area (Å²) in [5.41, 5.74) is 1.44. The zero-order valence-electron chi connectivity index (χ0n) is 28.3. The van der Waals surface area contributed by atoms with Crippen LogP contribution in [-0.4, -0.2) is 93.0 Å². The van der Waals surface area contributed by atoms with Crippen LogP contribution in [0, 0.1) is 5.41 Å². The van der Waals surface area contributed by atoms with Crippen LogP contribution < -0.4 is 14.8 Å². The molecule has 0 radical (unpaired) electrons. The van der Waals surface area contributed by atoms with Gasteiger partial charge in [-0.25, -0.2) is 4.79 Å². The van der Waals surface area contributed by atoms with Crippen molar-refractivity contribution in [2.75, 3.05) is 58.9 Å². The van der Waals surface area contributed by atoms with Gasteiger partial charge in [-0.1, -0.05) is 39.0 Å². The number of amides is 2. The molecule has 2 atom stereocenters. The van der Waals surface area contributed by atoms with Crippen LogP contribution in [0.4, 0.5) is 5.69 Å². The molecule has 11 heteroatoms. The fourth-order valence-corrected chi connectivity index (χ4v) is 5.83. The first-order valence-electron chi connectivity index (χ1n) is 16.5. The molecule has 0 saturated carbocycles. The molecular formula is C36H49N3O8. The van der Waals surface area contributed by atoms with Gasteiger partial charge in [0.15, 0.2) is 11.5 Å². The van der Waals surface area contributed by atoms with E-state index in [4.69, 9.17) is 18.9 Å². The average Bonchev–Trinajstić information content (AvgIpc) is 3.09. The standard InChI is InChI=1S/C36H49N3O8/c1-6-36(2,3)33(41)34(42)39-17-8-7-12-28(39)35(43)47-29(15-13-25-14-16-30(44-4)31(22-25)45-5)26-10-9-11-27(23-26)37-32(40)24-38-18-20-46-21-19-38/h9-11,14,16,22-23,28-29H,6-8,12-13,15,17-21,24H2,1-5H3,(H,37,40)/t28-,29+/m0/s1. The fraction of sp³-hybridized carbons (Fsp3) is 0.556. The van der Waals surface area contributed by atoms with E-state index in [1.54, 1.807) is 34.1 Å². The highest BCUT2D eigenvalue weighted by molar-refractivity contribution is 6.38. The number of hydrogen-bond donors (Lipinski definition) is 1. The zero-order chi connectivity index (χ0) is 34.0. The normalized spacial score (nSPS) is 17.8. The summed E-state index contributed by atoms with van der Waals surface area (Å²) in [6, 6.07) is 12.1. The predicted molar refractivity (Wildman–Crippen MR) is 177 cm³/mol. The van der Waals surface area contributed by atoms with Crippen LogP contribution in [0.2, 0.25) is 0 Å². The molecule has 2 aliphatic rings. The van der Waals surface area contributed by atoms with Crippen molar-refractivity contribution in [3.63, 3.8) is 0 Å². The largest absolute Gasteiger partial charge is 0.493 e. The van der Waals surface area contributed by atoms with E-state index in [-0.39, 0.29) is 12.5 Å². The van der Waals surface area contributed by atoms with Crippen molar-refractivity contribution in [2.45, 2.75) is 71.4 Å². The maximum atomic E-state index is 13.9. The van der Waals surface area contributed by atoms with Gasteiger partial charge in [0.05, 0.1) is 34.0 Å². The molecule has 0 aliphatic carbocycles. The number of Topliss-reactive ketones (excluding diaryl/α,β-unsaturated/α-hetero) is 1. The minimum atomic E-state index is -0.854. The third kappa shape index (κ3) is 9.54.